The van der Waals surface area contributed by atoms with Crippen molar-refractivity contribution in [2.24, 2.45) is 0 Å². The molecule has 6 bridgehead atoms. The fraction of sp³-hybridized carbons (Fsp3) is 0.667. The Hall–Kier alpha value is -2.02. The molecule has 9 rings (SSSR count). The number of hydrogen-bond donors (Lipinski definition) is 1. The Kier molecular flexibility index (Phi) is 7.60. The Morgan fingerprint density at radius 2 is 1.15 bits per heavy atom. The van der Waals surface area contributed by atoms with E-state index in [9.17, 15) is 21.4 Å². The van der Waals surface area contributed by atoms with Crippen molar-refractivity contribution < 1.29 is 39.8 Å². The normalized spacial score (nSPS) is 36.1. The summed E-state index contributed by atoms with van der Waals surface area (Å²) in [5.41, 5.74) is 3.79. The molecule has 0 spiro atoms. The molecule has 0 saturated carbocycles. The minimum atomic E-state index is -4.49. The Morgan fingerprint density at radius 3 is 1.62 bits per heavy atom. The zero-order valence-corrected chi connectivity index (χ0v) is 28.3. The first-order valence-corrected chi connectivity index (χ1v) is 20.7. The van der Waals surface area contributed by atoms with E-state index in [2.05, 4.69) is 12.1 Å². The van der Waals surface area contributed by atoms with Crippen LogP contribution in [0.15, 0.2) is 34.1 Å². The summed E-state index contributed by atoms with van der Waals surface area (Å²) in [6, 6.07) is 7.00. The lowest BCUT2D eigenvalue weighted by molar-refractivity contribution is 0.0996. The van der Waals surface area contributed by atoms with Crippen LogP contribution < -0.4 is 4.18 Å². The molecule has 6 heterocycles. The van der Waals surface area contributed by atoms with Crippen molar-refractivity contribution in [3.05, 3.63) is 52.1 Å². The SMILES string of the molecule is O=S(=O)(O)c1ccc(OS(=O)(=O)c2c(C3CC4CCC3O4)cc(C3CC4CCC3O4)cc2C2CC3CCC2O3)c2c1CCCCCC2. The molecule has 0 radical (unpaired) electrons. The van der Waals surface area contributed by atoms with E-state index in [0.29, 0.717) is 24.0 Å². The summed E-state index contributed by atoms with van der Waals surface area (Å²) in [5, 5.41) is 0. The van der Waals surface area contributed by atoms with Gasteiger partial charge in [-0.3, -0.25) is 4.55 Å². The van der Waals surface area contributed by atoms with Gasteiger partial charge in [0.1, 0.15) is 10.6 Å². The van der Waals surface area contributed by atoms with Gasteiger partial charge in [0.25, 0.3) is 10.1 Å². The van der Waals surface area contributed by atoms with Crippen molar-refractivity contribution in [3.63, 3.8) is 0 Å². The molecule has 254 valence electrons. The Bertz CT molecular complexity index is 1760. The van der Waals surface area contributed by atoms with Gasteiger partial charge in [-0.25, -0.2) is 0 Å². The van der Waals surface area contributed by atoms with Crippen LogP contribution in [0.4, 0.5) is 0 Å². The predicted molar refractivity (Wildman–Crippen MR) is 172 cm³/mol. The van der Waals surface area contributed by atoms with Gasteiger partial charge in [-0.1, -0.05) is 25.0 Å². The van der Waals surface area contributed by atoms with E-state index < -0.39 is 20.2 Å². The van der Waals surface area contributed by atoms with Crippen LogP contribution in [0, 0.1) is 0 Å². The predicted octanol–water partition coefficient (Wildman–Crippen LogP) is 6.46. The van der Waals surface area contributed by atoms with Crippen molar-refractivity contribution in [1.82, 2.24) is 0 Å². The van der Waals surface area contributed by atoms with E-state index in [-0.39, 0.29) is 69.9 Å². The van der Waals surface area contributed by atoms with Crippen LogP contribution in [0.5, 0.6) is 5.75 Å². The number of ether oxygens (including phenoxy) is 3. The maximum Gasteiger partial charge on any atom is 0.339 e. The Labute approximate surface area is 277 Å². The Morgan fingerprint density at radius 1 is 0.638 bits per heavy atom. The number of benzene rings is 2. The number of rotatable bonds is 7. The van der Waals surface area contributed by atoms with E-state index in [4.69, 9.17) is 18.4 Å². The minimum absolute atomic E-state index is 0.0290. The van der Waals surface area contributed by atoms with Gasteiger partial charge < -0.3 is 18.4 Å². The third-order valence-electron chi connectivity index (χ3n) is 12.4. The van der Waals surface area contributed by atoms with Gasteiger partial charge in [-0.05, 0) is 118 Å². The second-order valence-corrected chi connectivity index (χ2v) is 18.0. The molecule has 9 unspecified atom stereocenters. The number of hydrogen-bond acceptors (Lipinski definition) is 8. The second-order valence-electron chi connectivity index (χ2n) is 15.1. The highest BCUT2D eigenvalue weighted by molar-refractivity contribution is 7.87. The zero-order valence-electron chi connectivity index (χ0n) is 26.6. The molecular weight excluding hydrogens is 641 g/mol. The van der Waals surface area contributed by atoms with Crippen LogP contribution in [0.2, 0.25) is 0 Å². The molecule has 1 aliphatic carbocycles. The van der Waals surface area contributed by atoms with Gasteiger partial charge in [0.2, 0.25) is 0 Å². The van der Waals surface area contributed by atoms with Gasteiger partial charge >= 0.3 is 10.1 Å². The van der Waals surface area contributed by atoms with Gasteiger partial charge in [0, 0.05) is 23.3 Å². The van der Waals surface area contributed by atoms with E-state index in [1.807, 2.05) is 0 Å². The highest BCUT2D eigenvalue weighted by Crippen LogP contribution is 2.53. The van der Waals surface area contributed by atoms with Crippen LogP contribution in [0.3, 0.4) is 0 Å². The molecule has 1 N–H and O–H groups in total. The molecule has 2 aromatic carbocycles. The summed E-state index contributed by atoms with van der Waals surface area (Å²) in [4.78, 5) is 0.0993. The minimum Gasteiger partial charge on any atom is -0.379 e. The summed E-state index contributed by atoms with van der Waals surface area (Å²) in [6.07, 6.45) is 13.5. The summed E-state index contributed by atoms with van der Waals surface area (Å²) in [5.74, 6) is 0.283. The fourth-order valence-corrected chi connectivity index (χ4v) is 12.6. The Balaban J connectivity index is 1.20. The molecule has 2 aromatic rings. The molecule has 6 fully saturated rings. The quantitative estimate of drug-likeness (QED) is 0.258. The zero-order chi connectivity index (χ0) is 32.1. The molecule has 47 heavy (non-hydrogen) atoms. The molecular formula is C36H44O9S2. The maximum atomic E-state index is 15.0. The summed E-state index contributed by atoms with van der Waals surface area (Å²) >= 11 is 0. The molecule has 6 saturated heterocycles. The lowest BCUT2D eigenvalue weighted by Crippen LogP contribution is -2.26. The molecule has 9 atom stereocenters. The van der Waals surface area contributed by atoms with Gasteiger partial charge in [-0.15, -0.1) is 0 Å². The molecule has 11 heteroatoms. The average molecular weight is 685 g/mol. The van der Waals surface area contributed by atoms with Crippen molar-refractivity contribution in [2.45, 2.75) is 160 Å². The first-order chi connectivity index (χ1) is 22.6. The van der Waals surface area contributed by atoms with Gasteiger partial charge in [0.15, 0.2) is 0 Å². The molecule has 9 nitrogen and oxygen atoms in total. The number of fused-ring (bicyclic) bond motifs is 7. The van der Waals surface area contributed by atoms with Crippen molar-refractivity contribution >= 4 is 20.2 Å². The maximum absolute atomic E-state index is 15.0. The fourth-order valence-electron chi connectivity index (χ4n) is 10.3. The van der Waals surface area contributed by atoms with Crippen LogP contribution in [-0.2, 0) is 47.3 Å². The van der Waals surface area contributed by atoms with E-state index in [0.717, 1.165) is 100 Å². The molecule has 6 aliphatic heterocycles. The van der Waals surface area contributed by atoms with Crippen LogP contribution >= 0.6 is 0 Å². The summed E-state index contributed by atoms with van der Waals surface area (Å²) < 4.78 is 89.9. The average Bonchev–Trinajstić information content (AvgIpc) is 3.89. The molecule has 0 aromatic heterocycles. The standard InChI is InChI=1S/C36H44O9S2/c37-46(38,39)35-14-13-34(24-5-3-1-2-4-6-25(24)35)45-47(40,41)36-29(27-18-22-8-11-32(27)43-22)15-20(26-17-21-7-10-31(26)42-21)16-30(36)28-19-23-9-12-33(28)44-23/h13-16,21-23,26-28,31-33H,1-12,17-19H2,(H,37,38,39). The lowest BCUT2D eigenvalue weighted by atomic mass is 9.76. The van der Waals surface area contributed by atoms with Crippen LogP contribution in [0.25, 0.3) is 0 Å². The van der Waals surface area contributed by atoms with Gasteiger partial charge in [0.05, 0.1) is 41.5 Å². The molecule has 7 aliphatic rings. The van der Waals surface area contributed by atoms with Crippen molar-refractivity contribution in [2.75, 3.05) is 0 Å². The lowest BCUT2D eigenvalue weighted by Gasteiger charge is -2.30. The molecule has 0 amide bonds. The monoisotopic (exact) mass is 684 g/mol. The third kappa shape index (κ3) is 5.38. The summed E-state index contributed by atoms with van der Waals surface area (Å²) in [6.45, 7) is 0. The first kappa shape index (κ1) is 31.0. The topological polar surface area (TPSA) is 125 Å². The first-order valence-electron chi connectivity index (χ1n) is 17.8. The second kappa shape index (κ2) is 11.5. The largest absolute Gasteiger partial charge is 0.379 e. The summed E-state index contributed by atoms with van der Waals surface area (Å²) in [7, 11) is -8.88. The van der Waals surface area contributed by atoms with E-state index >= 15 is 0 Å². The highest BCUT2D eigenvalue weighted by atomic mass is 32.2. The highest BCUT2D eigenvalue weighted by Gasteiger charge is 2.49. The van der Waals surface area contributed by atoms with Crippen LogP contribution in [0.1, 0.15) is 129 Å². The van der Waals surface area contributed by atoms with Crippen molar-refractivity contribution in [1.29, 1.82) is 0 Å². The van der Waals surface area contributed by atoms with Crippen molar-refractivity contribution in [3.8, 4) is 5.75 Å². The van der Waals surface area contributed by atoms with E-state index in [1.54, 1.807) is 0 Å². The van der Waals surface area contributed by atoms with E-state index in [1.165, 1.54) is 12.1 Å². The third-order valence-corrected chi connectivity index (χ3v) is 14.7. The van der Waals surface area contributed by atoms with Crippen LogP contribution in [-0.4, -0.2) is 58.0 Å². The van der Waals surface area contributed by atoms with Gasteiger partial charge in [-0.2, -0.15) is 16.8 Å². The smallest absolute Gasteiger partial charge is 0.339 e.